The molecule has 1 N–H and O–H groups in total. The van der Waals surface area contributed by atoms with Crippen molar-refractivity contribution in [3.8, 4) is 5.75 Å². The zero-order valence-electron chi connectivity index (χ0n) is 13.9. The molecule has 23 heavy (non-hydrogen) atoms. The van der Waals surface area contributed by atoms with E-state index in [4.69, 9.17) is 4.74 Å². The average molecular weight is 339 g/mol. The Morgan fingerprint density at radius 1 is 1.22 bits per heavy atom. The minimum atomic E-state index is -3.22. The molecular weight excluding hydrogens is 314 g/mol. The Morgan fingerprint density at radius 3 is 2.39 bits per heavy atom. The number of amides is 1. The van der Waals surface area contributed by atoms with Crippen LogP contribution in [0.15, 0.2) is 29.2 Å². The highest BCUT2D eigenvalue weighted by Gasteiger charge is 2.25. The highest BCUT2D eigenvalue weighted by Crippen LogP contribution is 2.24. The first kappa shape index (κ1) is 17.8. The molecule has 0 aliphatic heterocycles. The van der Waals surface area contributed by atoms with E-state index in [1.54, 1.807) is 19.1 Å². The second-order valence-corrected chi connectivity index (χ2v) is 8.40. The Balaban J connectivity index is 1.92. The fourth-order valence-corrected chi connectivity index (χ4v) is 3.48. The lowest BCUT2D eigenvalue weighted by Gasteiger charge is -2.30. The summed E-state index contributed by atoms with van der Waals surface area (Å²) in [6.07, 6.45) is 5.08. The number of sulfone groups is 1. The smallest absolute Gasteiger partial charge is 0.261 e. The number of hydrogen-bond donors (Lipinski definition) is 1. The van der Waals surface area contributed by atoms with Gasteiger partial charge in [-0.3, -0.25) is 4.79 Å². The van der Waals surface area contributed by atoms with E-state index in [0.717, 1.165) is 25.5 Å². The van der Waals surface area contributed by atoms with Crippen LogP contribution in [0, 0.1) is 5.92 Å². The Kier molecular flexibility index (Phi) is 5.68. The molecule has 0 saturated heterocycles. The number of rotatable bonds is 5. The van der Waals surface area contributed by atoms with Gasteiger partial charge >= 0.3 is 0 Å². The summed E-state index contributed by atoms with van der Waals surface area (Å²) in [4.78, 5) is 12.5. The summed E-state index contributed by atoms with van der Waals surface area (Å²) in [6.45, 7) is 3.87. The lowest BCUT2D eigenvalue weighted by atomic mass is 9.86. The molecule has 1 aliphatic rings. The third-order valence-corrected chi connectivity index (χ3v) is 5.50. The molecule has 1 aromatic carbocycles. The number of ether oxygens (including phenoxy) is 1. The van der Waals surface area contributed by atoms with Gasteiger partial charge in [-0.2, -0.15) is 0 Å². The van der Waals surface area contributed by atoms with Crippen LogP contribution in [0.1, 0.15) is 39.5 Å². The van der Waals surface area contributed by atoms with Crippen molar-refractivity contribution in [3.63, 3.8) is 0 Å². The summed E-state index contributed by atoms with van der Waals surface area (Å²) in [5.74, 6) is 0.849. The van der Waals surface area contributed by atoms with Crippen LogP contribution >= 0.6 is 0 Å². The van der Waals surface area contributed by atoms with Gasteiger partial charge < -0.3 is 10.1 Å². The molecule has 1 saturated carbocycles. The summed E-state index contributed by atoms with van der Waals surface area (Å²) < 4.78 is 28.5. The molecule has 1 aliphatic carbocycles. The summed E-state index contributed by atoms with van der Waals surface area (Å²) in [6, 6.07) is 6.33. The van der Waals surface area contributed by atoms with Crippen molar-refractivity contribution in [2.45, 2.75) is 56.6 Å². The zero-order valence-corrected chi connectivity index (χ0v) is 14.7. The van der Waals surface area contributed by atoms with E-state index >= 15 is 0 Å². The van der Waals surface area contributed by atoms with E-state index in [9.17, 15) is 13.2 Å². The monoisotopic (exact) mass is 339 g/mol. The van der Waals surface area contributed by atoms with E-state index in [2.05, 4.69) is 12.2 Å². The van der Waals surface area contributed by atoms with Gasteiger partial charge in [-0.15, -0.1) is 0 Å². The van der Waals surface area contributed by atoms with Gasteiger partial charge in [0.25, 0.3) is 5.91 Å². The van der Waals surface area contributed by atoms with E-state index in [-0.39, 0.29) is 16.8 Å². The fourth-order valence-electron chi connectivity index (χ4n) is 2.85. The molecule has 0 radical (unpaired) electrons. The van der Waals surface area contributed by atoms with Crippen molar-refractivity contribution in [1.29, 1.82) is 0 Å². The number of carbonyl (C=O) groups is 1. The third kappa shape index (κ3) is 4.96. The van der Waals surface area contributed by atoms with Gasteiger partial charge in [0.2, 0.25) is 0 Å². The van der Waals surface area contributed by atoms with Crippen molar-refractivity contribution < 1.29 is 17.9 Å². The Morgan fingerprint density at radius 2 is 1.83 bits per heavy atom. The molecule has 0 heterocycles. The third-order valence-electron chi connectivity index (χ3n) is 4.37. The van der Waals surface area contributed by atoms with Crippen LogP contribution in [-0.2, 0) is 14.6 Å². The first-order valence-electron chi connectivity index (χ1n) is 8.04. The van der Waals surface area contributed by atoms with Crippen LogP contribution in [0.5, 0.6) is 5.75 Å². The van der Waals surface area contributed by atoms with E-state index in [1.165, 1.54) is 18.6 Å². The predicted molar refractivity (Wildman–Crippen MR) is 89.2 cm³/mol. The maximum absolute atomic E-state index is 12.3. The molecule has 0 spiro atoms. The highest BCUT2D eigenvalue weighted by atomic mass is 32.2. The Labute approximate surface area is 138 Å². The first-order chi connectivity index (χ1) is 10.8. The molecule has 128 valence electrons. The Bertz CT molecular complexity index is 639. The lowest BCUT2D eigenvalue weighted by molar-refractivity contribution is -0.128. The molecule has 3 atom stereocenters. The molecule has 6 heteroatoms. The SMILES string of the molecule is CC(Oc1ccc(S(C)(=O)=O)cc1)C(=O)NC1CCCCC1C. The van der Waals surface area contributed by atoms with Crippen LogP contribution in [0.4, 0.5) is 0 Å². The minimum absolute atomic E-state index is 0.129. The molecule has 1 aromatic rings. The number of benzene rings is 1. The predicted octanol–water partition coefficient (Wildman–Crippen LogP) is 2.55. The molecule has 1 amide bonds. The molecule has 1 fully saturated rings. The van der Waals surface area contributed by atoms with Crippen molar-refractivity contribution in [3.05, 3.63) is 24.3 Å². The average Bonchev–Trinajstić information content (AvgIpc) is 2.49. The highest BCUT2D eigenvalue weighted by molar-refractivity contribution is 7.90. The summed E-state index contributed by atoms with van der Waals surface area (Å²) in [5.41, 5.74) is 0. The minimum Gasteiger partial charge on any atom is -0.481 e. The van der Waals surface area contributed by atoms with Crippen molar-refractivity contribution in [2.75, 3.05) is 6.26 Å². The normalized spacial score (nSPS) is 23.1. The number of nitrogens with one attached hydrogen (secondary N) is 1. The molecule has 5 nitrogen and oxygen atoms in total. The van der Waals surface area contributed by atoms with E-state index < -0.39 is 15.9 Å². The number of carbonyl (C=O) groups excluding carboxylic acids is 1. The molecule has 0 bridgehead atoms. The van der Waals surface area contributed by atoms with Gasteiger partial charge in [-0.05, 0) is 49.9 Å². The zero-order chi connectivity index (χ0) is 17.0. The fraction of sp³-hybridized carbons (Fsp3) is 0.588. The maximum Gasteiger partial charge on any atom is 0.261 e. The van der Waals surface area contributed by atoms with Crippen LogP contribution in [0.2, 0.25) is 0 Å². The van der Waals surface area contributed by atoms with Gasteiger partial charge in [0, 0.05) is 12.3 Å². The van der Waals surface area contributed by atoms with Gasteiger partial charge in [-0.25, -0.2) is 8.42 Å². The van der Waals surface area contributed by atoms with Crippen molar-refractivity contribution in [1.82, 2.24) is 5.32 Å². The molecular formula is C17H25NO4S. The summed E-state index contributed by atoms with van der Waals surface area (Å²) in [7, 11) is -3.22. The second-order valence-electron chi connectivity index (χ2n) is 6.38. The number of hydrogen-bond acceptors (Lipinski definition) is 4. The van der Waals surface area contributed by atoms with Crippen LogP contribution < -0.4 is 10.1 Å². The van der Waals surface area contributed by atoms with Crippen molar-refractivity contribution in [2.24, 2.45) is 5.92 Å². The van der Waals surface area contributed by atoms with Crippen LogP contribution in [-0.4, -0.2) is 32.7 Å². The van der Waals surface area contributed by atoms with E-state index in [0.29, 0.717) is 11.7 Å². The summed E-state index contributed by atoms with van der Waals surface area (Å²) >= 11 is 0. The first-order valence-corrected chi connectivity index (χ1v) is 9.93. The van der Waals surface area contributed by atoms with Crippen molar-refractivity contribution >= 4 is 15.7 Å². The summed E-state index contributed by atoms with van der Waals surface area (Å²) in [5, 5.41) is 3.06. The topological polar surface area (TPSA) is 72.5 Å². The van der Waals surface area contributed by atoms with E-state index in [1.807, 2.05) is 0 Å². The lowest BCUT2D eigenvalue weighted by Crippen LogP contribution is -2.46. The largest absolute Gasteiger partial charge is 0.481 e. The quantitative estimate of drug-likeness (QED) is 0.895. The Hall–Kier alpha value is -1.56. The molecule has 0 aromatic heterocycles. The van der Waals surface area contributed by atoms with Gasteiger partial charge in [0.05, 0.1) is 4.90 Å². The standard InChI is InChI=1S/C17H25NO4S/c1-12-6-4-5-7-16(12)18-17(19)13(2)22-14-8-10-15(11-9-14)23(3,20)21/h8-13,16H,4-7H2,1-3H3,(H,18,19). The van der Waals surface area contributed by atoms with Crippen LogP contribution in [0.3, 0.4) is 0 Å². The van der Waals surface area contributed by atoms with Crippen LogP contribution in [0.25, 0.3) is 0 Å². The van der Waals surface area contributed by atoms with Gasteiger partial charge in [0.1, 0.15) is 5.75 Å². The molecule has 3 unspecified atom stereocenters. The molecule has 2 rings (SSSR count). The second kappa shape index (κ2) is 7.34. The maximum atomic E-state index is 12.3. The van der Waals surface area contributed by atoms with Gasteiger partial charge in [0.15, 0.2) is 15.9 Å². The van der Waals surface area contributed by atoms with Gasteiger partial charge in [-0.1, -0.05) is 19.8 Å².